The van der Waals surface area contributed by atoms with Crippen molar-refractivity contribution in [3.8, 4) is 0 Å². The molecule has 0 saturated carbocycles. The van der Waals surface area contributed by atoms with Crippen molar-refractivity contribution in [3.63, 3.8) is 0 Å². The molecule has 5 amide bonds. The SMILES string of the molecule is CC(C)C[C@H](CC(=O)[C@H](CCC(N)=O)NC(=O)CCC(=O)[C@@H]1CC(=O)CN1)C(=O)NCC(=O)C[C@@H](CC(C)C)C(=O)N[C@@H](C)C(=O)CCC(=O)N1CCC[C@H]1C(=O)C[C@@H](CCCCN)C(=O)O. The zero-order valence-corrected chi connectivity index (χ0v) is 40.0. The highest BCUT2D eigenvalue weighted by Gasteiger charge is 2.37. The summed E-state index contributed by atoms with van der Waals surface area (Å²) in [6.07, 6.45) is 0.929. The number of amides is 5. The molecule has 2 saturated heterocycles. The Hall–Kier alpha value is -5.24. The van der Waals surface area contributed by atoms with Crippen LogP contribution in [-0.2, 0) is 57.5 Å². The normalized spacial score (nSPS) is 18.1. The topological polar surface area (TPSA) is 328 Å². The zero-order valence-electron chi connectivity index (χ0n) is 40.0. The summed E-state index contributed by atoms with van der Waals surface area (Å²) in [6, 6.07) is -3.65. The second kappa shape index (κ2) is 29.5. The Kier molecular flexibility index (Phi) is 25.5. The van der Waals surface area contributed by atoms with Crippen molar-refractivity contribution in [2.45, 2.75) is 168 Å². The predicted octanol–water partition coefficient (Wildman–Crippen LogP) is 1.01. The molecule has 0 aliphatic carbocycles. The predicted molar refractivity (Wildman–Crippen MR) is 244 cm³/mol. The van der Waals surface area contributed by atoms with E-state index in [0.717, 1.165) is 0 Å². The van der Waals surface area contributed by atoms with E-state index in [0.29, 0.717) is 45.2 Å². The molecule has 2 aliphatic heterocycles. The summed E-state index contributed by atoms with van der Waals surface area (Å²) in [7, 11) is 0. The number of unbranched alkanes of at least 4 members (excludes halogenated alkanes) is 1. The van der Waals surface area contributed by atoms with Crippen molar-refractivity contribution in [2.75, 3.05) is 26.2 Å². The lowest BCUT2D eigenvalue weighted by Gasteiger charge is -2.25. The van der Waals surface area contributed by atoms with Gasteiger partial charge in [-0.2, -0.15) is 0 Å². The number of ketones is 6. The van der Waals surface area contributed by atoms with Crippen LogP contribution in [0.4, 0.5) is 0 Å². The number of Topliss-reactive ketones (excluding diaryl/α,β-unsaturated/α-hetero) is 6. The number of aliphatic carboxylic acids is 1. The number of carbonyl (C=O) groups is 12. The molecule has 2 rings (SSSR count). The number of hydrogen-bond donors (Lipinski definition) is 7. The van der Waals surface area contributed by atoms with Gasteiger partial charge >= 0.3 is 5.97 Å². The number of carbonyl (C=O) groups excluding carboxylic acids is 11. The fourth-order valence-corrected chi connectivity index (χ4v) is 8.51. The maximum Gasteiger partial charge on any atom is 0.306 e. The van der Waals surface area contributed by atoms with Gasteiger partial charge in [-0.3, -0.25) is 57.5 Å². The van der Waals surface area contributed by atoms with Crippen molar-refractivity contribution >= 4 is 70.2 Å². The van der Waals surface area contributed by atoms with Crippen LogP contribution in [0.15, 0.2) is 0 Å². The molecule has 20 nitrogen and oxygen atoms in total. The zero-order chi connectivity index (χ0) is 50.4. The minimum absolute atomic E-state index is 0.0329. The van der Waals surface area contributed by atoms with Crippen LogP contribution in [0, 0.1) is 29.6 Å². The van der Waals surface area contributed by atoms with Crippen LogP contribution in [-0.4, -0.2) is 131 Å². The third-order valence-corrected chi connectivity index (χ3v) is 12.2. The van der Waals surface area contributed by atoms with E-state index in [-0.39, 0.29) is 113 Å². The number of nitrogens with two attached hydrogens (primary N) is 2. The van der Waals surface area contributed by atoms with Crippen LogP contribution < -0.4 is 32.7 Å². The fourth-order valence-electron chi connectivity index (χ4n) is 8.51. The van der Waals surface area contributed by atoms with E-state index >= 15 is 0 Å². The fraction of sp³-hybridized carbons (Fsp3) is 0.745. The summed E-state index contributed by atoms with van der Waals surface area (Å²) >= 11 is 0. The molecule has 7 atom stereocenters. The van der Waals surface area contributed by atoms with Gasteiger partial charge in [0.15, 0.2) is 28.9 Å². The van der Waals surface area contributed by atoms with Gasteiger partial charge in [0.25, 0.3) is 0 Å². The molecule has 67 heavy (non-hydrogen) atoms. The van der Waals surface area contributed by atoms with Gasteiger partial charge in [-0.25, -0.2) is 0 Å². The Labute approximate surface area is 393 Å². The van der Waals surface area contributed by atoms with Gasteiger partial charge in [0, 0.05) is 76.2 Å². The lowest BCUT2D eigenvalue weighted by molar-refractivity contribution is -0.145. The molecule has 0 unspecified atom stereocenters. The molecule has 0 radical (unpaired) electrons. The van der Waals surface area contributed by atoms with Gasteiger partial charge in [-0.05, 0) is 70.3 Å². The number of carboxylic acid groups (broad SMARTS) is 1. The van der Waals surface area contributed by atoms with Crippen LogP contribution in [0.2, 0.25) is 0 Å². The number of primary amides is 1. The first-order chi connectivity index (χ1) is 31.5. The average Bonchev–Trinajstić information content (AvgIpc) is 3.93. The molecular formula is C47H75N7O13. The summed E-state index contributed by atoms with van der Waals surface area (Å²) in [4.78, 5) is 155. The summed E-state index contributed by atoms with van der Waals surface area (Å²) in [6.45, 7) is 9.19. The average molecular weight is 946 g/mol. The van der Waals surface area contributed by atoms with E-state index in [1.165, 1.54) is 11.8 Å². The molecule has 376 valence electrons. The van der Waals surface area contributed by atoms with E-state index in [9.17, 15) is 62.6 Å². The van der Waals surface area contributed by atoms with E-state index in [2.05, 4.69) is 21.3 Å². The minimum Gasteiger partial charge on any atom is -0.481 e. The first-order valence-electron chi connectivity index (χ1n) is 23.8. The molecule has 2 fully saturated rings. The van der Waals surface area contributed by atoms with Crippen molar-refractivity contribution in [1.29, 1.82) is 0 Å². The molecule has 2 heterocycles. The van der Waals surface area contributed by atoms with Gasteiger partial charge in [0.05, 0.1) is 43.2 Å². The Bertz CT molecular complexity index is 1800. The minimum atomic E-state index is -1.19. The van der Waals surface area contributed by atoms with E-state index in [1.54, 1.807) is 0 Å². The van der Waals surface area contributed by atoms with Crippen LogP contribution >= 0.6 is 0 Å². The third-order valence-electron chi connectivity index (χ3n) is 12.2. The van der Waals surface area contributed by atoms with E-state index < -0.39 is 101 Å². The Morgan fingerprint density at radius 1 is 0.746 bits per heavy atom. The highest BCUT2D eigenvalue weighted by Crippen LogP contribution is 2.25. The van der Waals surface area contributed by atoms with E-state index in [1.807, 2.05) is 27.7 Å². The number of likely N-dealkylation sites (tertiary alicyclic amines) is 1. The van der Waals surface area contributed by atoms with Crippen LogP contribution in [0.3, 0.4) is 0 Å². The lowest BCUT2D eigenvalue weighted by Crippen LogP contribution is -2.45. The molecule has 0 aromatic carbocycles. The van der Waals surface area contributed by atoms with Crippen molar-refractivity contribution in [1.82, 2.24) is 26.2 Å². The molecular weight excluding hydrogens is 871 g/mol. The van der Waals surface area contributed by atoms with Gasteiger partial charge in [-0.1, -0.05) is 34.1 Å². The maximum absolute atomic E-state index is 13.6. The second-order valence-electron chi connectivity index (χ2n) is 19.0. The van der Waals surface area contributed by atoms with Crippen LogP contribution in [0.1, 0.15) is 144 Å². The molecule has 2 aliphatic rings. The quantitative estimate of drug-likeness (QED) is 0.0443. The Morgan fingerprint density at radius 3 is 1.99 bits per heavy atom. The van der Waals surface area contributed by atoms with Gasteiger partial charge < -0.3 is 42.7 Å². The van der Waals surface area contributed by atoms with Gasteiger partial charge in [0.1, 0.15) is 5.78 Å². The molecule has 20 heteroatoms. The first-order valence-corrected chi connectivity index (χ1v) is 23.8. The number of nitrogens with zero attached hydrogens (tertiary/aromatic N) is 1. The van der Waals surface area contributed by atoms with Crippen molar-refractivity contribution in [2.24, 2.45) is 41.1 Å². The highest BCUT2D eigenvalue weighted by molar-refractivity contribution is 5.98. The molecule has 0 aromatic heterocycles. The standard InChI is InChI=1S/C47H75N7O13/c1-27(2)19-31(46(65)52-29(5)38(57)13-16-44(63)54-18-8-10-37(54)41(60)22-30(47(66)67)9-6-7-17-48)21-33(55)26-51-45(64)32(20-28(3)4)23-40(59)35(11-14-42(49)61)53-43(62)15-12-39(58)36-24-34(56)25-50-36/h27-32,35-37,50H,6-26,48H2,1-5H3,(H2,49,61)(H,51,64)(H,52,65)(H,53,62)(H,66,67)/t29-,30+,31+,32+,35-,36-,37-/m0/s1. The molecule has 0 aromatic rings. The monoisotopic (exact) mass is 946 g/mol. The first kappa shape index (κ1) is 57.9. The van der Waals surface area contributed by atoms with Gasteiger partial charge in [-0.15, -0.1) is 0 Å². The summed E-state index contributed by atoms with van der Waals surface area (Å²) in [5.74, 6) is -9.02. The number of nitrogens with one attached hydrogen (secondary N) is 4. The number of rotatable bonds is 34. The van der Waals surface area contributed by atoms with Gasteiger partial charge in [0.2, 0.25) is 29.5 Å². The van der Waals surface area contributed by atoms with Crippen LogP contribution in [0.5, 0.6) is 0 Å². The Morgan fingerprint density at radius 2 is 1.40 bits per heavy atom. The summed E-state index contributed by atoms with van der Waals surface area (Å²) in [5, 5.41) is 20.2. The molecule has 0 spiro atoms. The molecule has 9 N–H and O–H groups in total. The number of hydrogen-bond acceptors (Lipinski definition) is 14. The Balaban J connectivity index is 1.98. The summed E-state index contributed by atoms with van der Waals surface area (Å²) in [5.41, 5.74) is 10.8. The van der Waals surface area contributed by atoms with Crippen molar-refractivity contribution < 1.29 is 62.6 Å². The smallest absolute Gasteiger partial charge is 0.306 e. The summed E-state index contributed by atoms with van der Waals surface area (Å²) < 4.78 is 0. The second-order valence-corrected chi connectivity index (χ2v) is 19.0. The largest absolute Gasteiger partial charge is 0.481 e. The number of carboxylic acids is 1. The lowest BCUT2D eigenvalue weighted by atomic mass is 9.88. The maximum atomic E-state index is 13.6. The van der Waals surface area contributed by atoms with Crippen molar-refractivity contribution in [3.05, 3.63) is 0 Å². The molecule has 0 bridgehead atoms. The van der Waals surface area contributed by atoms with Crippen LogP contribution in [0.25, 0.3) is 0 Å². The highest BCUT2D eigenvalue weighted by atomic mass is 16.4. The van der Waals surface area contributed by atoms with E-state index in [4.69, 9.17) is 11.5 Å². The third kappa shape index (κ3) is 21.5.